The summed E-state index contributed by atoms with van der Waals surface area (Å²) in [5.41, 5.74) is 0.170. The summed E-state index contributed by atoms with van der Waals surface area (Å²) >= 11 is 0. The first kappa shape index (κ1) is 13.1. The van der Waals surface area contributed by atoms with Gasteiger partial charge in [-0.3, -0.25) is 0 Å². The van der Waals surface area contributed by atoms with Gasteiger partial charge in [-0.2, -0.15) is 0 Å². The van der Waals surface area contributed by atoms with E-state index in [4.69, 9.17) is 4.74 Å². The highest BCUT2D eigenvalue weighted by Gasteiger charge is 2.41. The normalized spacial score (nSPS) is 28.4. The van der Waals surface area contributed by atoms with Crippen LogP contribution in [0.15, 0.2) is 12.4 Å². The quantitative estimate of drug-likeness (QED) is 0.881. The molecule has 2 atom stereocenters. The molecule has 2 N–H and O–H groups in total. The molecule has 1 aliphatic carbocycles. The number of hydrogen-bond donors (Lipinski definition) is 2. The number of rotatable bonds is 3. The van der Waals surface area contributed by atoms with Gasteiger partial charge in [0.2, 0.25) is 0 Å². The molecule has 1 saturated carbocycles. The number of nitrogens with one attached hydrogen (secondary N) is 2. The van der Waals surface area contributed by atoms with E-state index in [0.29, 0.717) is 12.0 Å². The molecule has 19 heavy (non-hydrogen) atoms. The predicted molar refractivity (Wildman–Crippen MR) is 74.9 cm³/mol. The zero-order chi connectivity index (χ0) is 13.1. The summed E-state index contributed by atoms with van der Waals surface area (Å²) in [6, 6.07) is 0.331. The van der Waals surface area contributed by atoms with Crippen molar-refractivity contribution in [3.8, 4) is 0 Å². The molecule has 0 radical (unpaired) electrons. The number of ether oxygens (including phenoxy) is 1. The molecule has 4 heteroatoms. The van der Waals surface area contributed by atoms with Gasteiger partial charge in [0.15, 0.2) is 0 Å². The van der Waals surface area contributed by atoms with Crippen LogP contribution in [0, 0.1) is 5.92 Å². The summed E-state index contributed by atoms with van der Waals surface area (Å²) in [4.78, 5) is 7.70. The highest BCUT2D eigenvalue weighted by Crippen LogP contribution is 2.43. The van der Waals surface area contributed by atoms with Crippen molar-refractivity contribution in [2.45, 2.75) is 56.6 Å². The zero-order valence-electron chi connectivity index (χ0n) is 11.8. The van der Waals surface area contributed by atoms with Crippen molar-refractivity contribution < 1.29 is 4.74 Å². The van der Waals surface area contributed by atoms with Crippen molar-refractivity contribution in [1.82, 2.24) is 15.3 Å². The molecule has 1 spiro atoms. The molecule has 1 aliphatic heterocycles. The maximum Gasteiger partial charge on any atom is 0.123 e. The Morgan fingerprint density at radius 1 is 1.42 bits per heavy atom. The molecule has 4 nitrogen and oxygen atoms in total. The van der Waals surface area contributed by atoms with Gasteiger partial charge in [-0.1, -0.05) is 19.3 Å². The first-order chi connectivity index (χ1) is 9.33. The summed E-state index contributed by atoms with van der Waals surface area (Å²) in [6.45, 7) is 0.906. The Morgan fingerprint density at radius 2 is 2.26 bits per heavy atom. The predicted octanol–water partition coefficient (Wildman–Crippen LogP) is 2.80. The van der Waals surface area contributed by atoms with Crippen molar-refractivity contribution in [2.24, 2.45) is 5.92 Å². The molecule has 0 amide bonds. The van der Waals surface area contributed by atoms with Gasteiger partial charge in [0.25, 0.3) is 0 Å². The molecule has 2 aliphatic rings. The van der Waals surface area contributed by atoms with Crippen molar-refractivity contribution in [3.05, 3.63) is 18.2 Å². The Balaban J connectivity index is 1.73. The summed E-state index contributed by atoms with van der Waals surface area (Å²) in [7, 11) is 2.04. The molecule has 106 valence electrons. The van der Waals surface area contributed by atoms with Gasteiger partial charge in [0, 0.05) is 19.0 Å². The summed E-state index contributed by atoms with van der Waals surface area (Å²) < 4.78 is 6.19. The number of aromatic nitrogens is 2. The largest absolute Gasteiger partial charge is 0.375 e. The lowest BCUT2D eigenvalue weighted by Crippen LogP contribution is -2.44. The van der Waals surface area contributed by atoms with Crippen LogP contribution in [0.4, 0.5) is 0 Å². The first-order valence-corrected chi connectivity index (χ1v) is 7.63. The number of H-pyrrole nitrogens is 1. The Bertz CT molecular complexity index is 379. The lowest BCUT2D eigenvalue weighted by atomic mass is 9.74. The Morgan fingerprint density at radius 3 is 2.95 bits per heavy atom. The molecule has 1 saturated heterocycles. The standard InChI is InChI=1S/C15H25N3O/c1-16-13(14-17-8-9-18-14)12-5-10-19-15(11-12)6-3-2-4-7-15/h8-9,12-13,16H,2-7,10-11H2,1H3,(H,17,18). The van der Waals surface area contributed by atoms with Gasteiger partial charge in [0.1, 0.15) is 5.82 Å². The zero-order valence-corrected chi connectivity index (χ0v) is 11.8. The van der Waals surface area contributed by atoms with Crippen LogP contribution in [0.3, 0.4) is 0 Å². The maximum atomic E-state index is 6.19. The van der Waals surface area contributed by atoms with Gasteiger partial charge in [-0.25, -0.2) is 4.98 Å². The Hall–Kier alpha value is -0.870. The Labute approximate surface area is 115 Å². The maximum absolute atomic E-state index is 6.19. The minimum Gasteiger partial charge on any atom is -0.375 e. The van der Waals surface area contributed by atoms with Crippen molar-refractivity contribution >= 4 is 0 Å². The van der Waals surface area contributed by atoms with Crippen molar-refractivity contribution in [1.29, 1.82) is 0 Å². The van der Waals surface area contributed by atoms with E-state index in [1.165, 1.54) is 38.5 Å². The minimum atomic E-state index is 0.170. The molecule has 0 bridgehead atoms. The fourth-order valence-corrected chi connectivity index (χ4v) is 3.94. The summed E-state index contributed by atoms with van der Waals surface area (Å²) in [6.07, 6.45) is 12.6. The van der Waals surface area contributed by atoms with E-state index in [9.17, 15) is 0 Å². The van der Waals surface area contributed by atoms with Gasteiger partial charge >= 0.3 is 0 Å². The van der Waals surface area contributed by atoms with E-state index in [1.807, 2.05) is 19.4 Å². The molecule has 0 aromatic carbocycles. The van der Waals surface area contributed by atoms with Crippen LogP contribution in [0.1, 0.15) is 56.8 Å². The summed E-state index contributed by atoms with van der Waals surface area (Å²) in [5.74, 6) is 1.70. The van der Waals surface area contributed by atoms with E-state index < -0.39 is 0 Å². The molecule has 1 aromatic rings. The first-order valence-electron chi connectivity index (χ1n) is 7.63. The van der Waals surface area contributed by atoms with Gasteiger partial charge in [-0.15, -0.1) is 0 Å². The lowest BCUT2D eigenvalue weighted by Gasteiger charge is -2.45. The average Bonchev–Trinajstić information content (AvgIpc) is 2.95. The lowest BCUT2D eigenvalue weighted by molar-refractivity contribution is -0.122. The highest BCUT2D eigenvalue weighted by atomic mass is 16.5. The molecule has 2 fully saturated rings. The third-order valence-electron chi connectivity index (χ3n) is 4.89. The van der Waals surface area contributed by atoms with Gasteiger partial charge in [0.05, 0.1) is 11.6 Å². The van der Waals surface area contributed by atoms with E-state index in [2.05, 4.69) is 15.3 Å². The summed E-state index contributed by atoms with van der Waals surface area (Å²) in [5, 5.41) is 3.45. The van der Waals surface area contributed by atoms with E-state index in [1.54, 1.807) is 0 Å². The fourth-order valence-electron chi connectivity index (χ4n) is 3.94. The fraction of sp³-hybridized carbons (Fsp3) is 0.800. The van der Waals surface area contributed by atoms with Crippen molar-refractivity contribution in [3.63, 3.8) is 0 Å². The van der Waals surface area contributed by atoms with Gasteiger partial charge < -0.3 is 15.0 Å². The number of nitrogens with zero attached hydrogens (tertiary/aromatic N) is 1. The monoisotopic (exact) mass is 263 g/mol. The molecule has 2 unspecified atom stereocenters. The number of imidazole rings is 1. The second kappa shape index (κ2) is 5.63. The van der Waals surface area contributed by atoms with Crippen LogP contribution < -0.4 is 5.32 Å². The third-order valence-corrected chi connectivity index (χ3v) is 4.89. The molecule has 3 rings (SSSR count). The third kappa shape index (κ3) is 2.70. The van der Waals surface area contributed by atoms with Crippen LogP contribution >= 0.6 is 0 Å². The van der Waals surface area contributed by atoms with Crippen LogP contribution in [-0.4, -0.2) is 29.2 Å². The second-order valence-corrected chi connectivity index (χ2v) is 6.09. The van der Waals surface area contributed by atoms with Crippen LogP contribution in [0.25, 0.3) is 0 Å². The number of aromatic amines is 1. The smallest absolute Gasteiger partial charge is 0.123 e. The second-order valence-electron chi connectivity index (χ2n) is 6.09. The van der Waals surface area contributed by atoms with Crippen molar-refractivity contribution in [2.75, 3.05) is 13.7 Å². The van der Waals surface area contributed by atoms with E-state index >= 15 is 0 Å². The average molecular weight is 263 g/mol. The molecule has 1 aromatic heterocycles. The Kier molecular flexibility index (Phi) is 3.89. The molecular weight excluding hydrogens is 238 g/mol. The number of hydrogen-bond acceptors (Lipinski definition) is 3. The minimum absolute atomic E-state index is 0.170. The van der Waals surface area contributed by atoms with Crippen LogP contribution in [0.5, 0.6) is 0 Å². The van der Waals surface area contributed by atoms with Gasteiger partial charge in [-0.05, 0) is 38.6 Å². The SMILES string of the molecule is CNC(c1ncc[nH]1)C1CCOC2(CCCCC2)C1. The van der Waals surface area contributed by atoms with Crippen LogP contribution in [-0.2, 0) is 4.74 Å². The molecule has 2 heterocycles. The van der Waals surface area contributed by atoms with E-state index in [-0.39, 0.29) is 5.60 Å². The topological polar surface area (TPSA) is 49.9 Å². The van der Waals surface area contributed by atoms with E-state index in [0.717, 1.165) is 18.9 Å². The molecular formula is C15H25N3O. The van der Waals surface area contributed by atoms with Crippen LogP contribution in [0.2, 0.25) is 0 Å². The highest BCUT2D eigenvalue weighted by molar-refractivity contribution is 5.01.